The average Bonchev–Trinajstić information content (AvgIpc) is 3.09. The Bertz CT molecular complexity index is 1010. The summed E-state index contributed by atoms with van der Waals surface area (Å²) in [5.41, 5.74) is 5.19. The first kappa shape index (κ1) is 16.3. The molecule has 0 aliphatic carbocycles. The lowest BCUT2D eigenvalue weighted by Crippen LogP contribution is -1.85. The van der Waals surface area contributed by atoms with Crippen LogP contribution in [0.3, 0.4) is 0 Å². The number of hydrogen-bond acceptors (Lipinski definition) is 1. The molecule has 4 aromatic rings. The summed E-state index contributed by atoms with van der Waals surface area (Å²) in [6, 6.07) is 26.6. The third kappa shape index (κ3) is 3.32. The topological polar surface area (TPSA) is 28.7 Å². The number of H-pyrrole nitrogens is 1. The summed E-state index contributed by atoms with van der Waals surface area (Å²) >= 11 is 7.16. The van der Waals surface area contributed by atoms with Gasteiger partial charge in [-0.15, -0.1) is 0 Å². The predicted octanol–water partition coefficient (Wildman–Crippen LogP) is 6.94. The molecule has 0 unspecified atom stereocenters. The Kier molecular flexibility index (Phi) is 4.55. The molecule has 0 saturated heterocycles. The molecular weight excluding hydrogens is 440 g/mol. The highest BCUT2D eigenvalue weighted by molar-refractivity contribution is 9.10. The third-order valence-corrected chi connectivity index (χ3v) is 5.23. The minimum Gasteiger partial charge on any atom is -0.337 e. The lowest BCUT2D eigenvalue weighted by molar-refractivity contribution is 1.31. The van der Waals surface area contributed by atoms with Gasteiger partial charge in [-0.2, -0.15) is 0 Å². The summed E-state index contributed by atoms with van der Waals surface area (Å²) in [6.45, 7) is 0. The fraction of sp³-hybridized carbons (Fsp3) is 0. The van der Waals surface area contributed by atoms with Crippen LogP contribution in [0.2, 0.25) is 0 Å². The minimum absolute atomic E-state index is 0.865. The molecule has 0 aliphatic rings. The molecular formula is C21H14Br2N2. The monoisotopic (exact) mass is 452 g/mol. The van der Waals surface area contributed by atoms with E-state index >= 15 is 0 Å². The van der Waals surface area contributed by atoms with E-state index in [-0.39, 0.29) is 0 Å². The van der Waals surface area contributed by atoms with Gasteiger partial charge in [0.15, 0.2) is 0 Å². The fourth-order valence-corrected chi connectivity index (χ4v) is 3.53. The summed E-state index contributed by atoms with van der Waals surface area (Å²) in [7, 11) is 0. The maximum atomic E-state index is 4.91. The molecule has 0 fully saturated rings. The van der Waals surface area contributed by atoms with E-state index in [4.69, 9.17) is 4.98 Å². The molecule has 0 radical (unpaired) electrons. The Morgan fingerprint density at radius 1 is 0.680 bits per heavy atom. The Morgan fingerprint density at radius 2 is 1.36 bits per heavy atom. The first-order valence-electron chi connectivity index (χ1n) is 7.88. The first-order valence-corrected chi connectivity index (χ1v) is 9.47. The predicted molar refractivity (Wildman–Crippen MR) is 110 cm³/mol. The number of halogens is 2. The summed E-state index contributed by atoms with van der Waals surface area (Å²) in [5.74, 6) is 0.865. The molecule has 1 heterocycles. The van der Waals surface area contributed by atoms with Crippen molar-refractivity contribution in [2.45, 2.75) is 0 Å². The smallest absolute Gasteiger partial charge is 0.138 e. The van der Waals surface area contributed by atoms with Crippen molar-refractivity contribution in [3.63, 3.8) is 0 Å². The van der Waals surface area contributed by atoms with E-state index in [2.05, 4.69) is 67.2 Å². The fourth-order valence-electron chi connectivity index (χ4n) is 2.78. The number of aromatic amines is 1. The number of nitrogens with one attached hydrogen (secondary N) is 1. The van der Waals surface area contributed by atoms with Crippen molar-refractivity contribution in [2.24, 2.45) is 0 Å². The molecule has 0 spiro atoms. The van der Waals surface area contributed by atoms with E-state index in [1.165, 1.54) is 0 Å². The molecule has 3 aromatic carbocycles. The zero-order valence-electron chi connectivity index (χ0n) is 13.2. The molecule has 0 bridgehead atoms. The Hall–Kier alpha value is -2.17. The van der Waals surface area contributed by atoms with Gasteiger partial charge in [-0.1, -0.05) is 92.5 Å². The molecule has 4 rings (SSSR count). The van der Waals surface area contributed by atoms with Gasteiger partial charge >= 0.3 is 0 Å². The minimum atomic E-state index is 0.865. The van der Waals surface area contributed by atoms with Gasteiger partial charge in [0.2, 0.25) is 0 Å². The molecule has 0 saturated carbocycles. The number of hydrogen-bond donors (Lipinski definition) is 1. The van der Waals surface area contributed by atoms with Crippen LogP contribution in [-0.4, -0.2) is 9.97 Å². The largest absolute Gasteiger partial charge is 0.337 e. The van der Waals surface area contributed by atoms with Crippen LogP contribution < -0.4 is 0 Å². The van der Waals surface area contributed by atoms with Gasteiger partial charge in [0, 0.05) is 25.6 Å². The van der Waals surface area contributed by atoms with Gasteiger partial charge in [-0.25, -0.2) is 4.98 Å². The van der Waals surface area contributed by atoms with Gasteiger partial charge < -0.3 is 4.98 Å². The van der Waals surface area contributed by atoms with Gasteiger partial charge in [-0.05, 0) is 18.2 Å². The van der Waals surface area contributed by atoms with Crippen molar-refractivity contribution < 1.29 is 0 Å². The van der Waals surface area contributed by atoms with Gasteiger partial charge in [0.25, 0.3) is 0 Å². The van der Waals surface area contributed by atoms with Crippen molar-refractivity contribution in [2.75, 3.05) is 0 Å². The number of aromatic nitrogens is 2. The number of nitrogens with zero attached hydrogens (tertiary/aromatic N) is 1. The highest BCUT2D eigenvalue weighted by Crippen LogP contribution is 2.36. The number of rotatable bonds is 3. The Morgan fingerprint density at radius 3 is 2.08 bits per heavy atom. The van der Waals surface area contributed by atoms with Crippen molar-refractivity contribution in [3.8, 4) is 33.9 Å². The van der Waals surface area contributed by atoms with Crippen molar-refractivity contribution in [1.29, 1.82) is 0 Å². The van der Waals surface area contributed by atoms with E-state index in [9.17, 15) is 0 Å². The molecule has 25 heavy (non-hydrogen) atoms. The lowest BCUT2D eigenvalue weighted by Gasteiger charge is -2.05. The van der Waals surface area contributed by atoms with Crippen LogP contribution in [0.4, 0.5) is 0 Å². The molecule has 0 aliphatic heterocycles. The average molecular weight is 454 g/mol. The number of benzene rings is 3. The van der Waals surface area contributed by atoms with Crippen molar-refractivity contribution in [1.82, 2.24) is 9.97 Å². The van der Waals surface area contributed by atoms with Gasteiger partial charge in [0.1, 0.15) is 5.82 Å². The first-order chi connectivity index (χ1) is 12.2. The highest BCUT2D eigenvalue weighted by atomic mass is 79.9. The maximum absolute atomic E-state index is 4.91. The van der Waals surface area contributed by atoms with Crippen LogP contribution in [0.1, 0.15) is 0 Å². The summed E-state index contributed by atoms with van der Waals surface area (Å²) < 4.78 is 2.09. The zero-order chi connectivity index (χ0) is 17.2. The summed E-state index contributed by atoms with van der Waals surface area (Å²) in [6.07, 6.45) is 0. The maximum Gasteiger partial charge on any atom is 0.138 e. The van der Waals surface area contributed by atoms with Crippen LogP contribution in [-0.2, 0) is 0 Å². The zero-order valence-corrected chi connectivity index (χ0v) is 16.4. The third-order valence-electron chi connectivity index (χ3n) is 4.01. The van der Waals surface area contributed by atoms with Crippen LogP contribution >= 0.6 is 31.9 Å². The van der Waals surface area contributed by atoms with E-state index < -0.39 is 0 Å². The molecule has 0 amide bonds. The highest BCUT2D eigenvalue weighted by Gasteiger charge is 2.16. The second kappa shape index (κ2) is 6.98. The Labute approximate surface area is 163 Å². The molecule has 4 heteroatoms. The summed E-state index contributed by atoms with van der Waals surface area (Å²) in [5, 5.41) is 0. The molecule has 122 valence electrons. The second-order valence-corrected chi connectivity index (χ2v) is 7.43. The van der Waals surface area contributed by atoms with Crippen LogP contribution in [0.25, 0.3) is 33.9 Å². The van der Waals surface area contributed by atoms with E-state index in [0.717, 1.165) is 42.8 Å². The second-order valence-electron chi connectivity index (χ2n) is 5.66. The standard InChI is InChI=1S/C21H14Br2N2/c22-16-12-10-14(11-13-16)19-20(17-8-4-5-9-18(17)23)25-21(24-19)15-6-2-1-3-7-15/h1-13H,(H,24,25). The SMILES string of the molecule is Brc1ccc(-c2nc(-c3ccccc3)[nH]c2-c2ccccc2Br)cc1. The molecule has 1 N–H and O–H groups in total. The van der Waals surface area contributed by atoms with E-state index in [1.54, 1.807) is 0 Å². The van der Waals surface area contributed by atoms with Gasteiger partial charge in [-0.3, -0.25) is 0 Å². The molecule has 2 nitrogen and oxygen atoms in total. The van der Waals surface area contributed by atoms with Crippen LogP contribution in [0, 0.1) is 0 Å². The van der Waals surface area contributed by atoms with E-state index in [0.29, 0.717) is 0 Å². The van der Waals surface area contributed by atoms with Crippen LogP contribution in [0.15, 0.2) is 87.8 Å². The molecule has 1 aromatic heterocycles. The van der Waals surface area contributed by atoms with Gasteiger partial charge in [0.05, 0.1) is 11.4 Å². The lowest BCUT2D eigenvalue weighted by atomic mass is 10.1. The van der Waals surface area contributed by atoms with Crippen molar-refractivity contribution >= 4 is 31.9 Å². The van der Waals surface area contributed by atoms with E-state index in [1.807, 2.05) is 48.5 Å². The normalized spacial score (nSPS) is 10.8. The summed E-state index contributed by atoms with van der Waals surface area (Å²) in [4.78, 5) is 8.42. The van der Waals surface area contributed by atoms with Crippen LogP contribution in [0.5, 0.6) is 0 Å². The Balaban J connectivity index is 1.93. The van der Waals surface area contributed by atoms with Crippen molar-refractivity contribution in [3.05, 3.63) is 87.8 Å². The molecule has 0 atom stereocenters. The number of imidazole rings is 1. The quantitative estimate of drug-likeness (QED) is 0.357.